The van der Waals surface area contributed by atoms with Crippen molar-refractivity contribution >= 4 is 11.6 Å². The maximum absolute atomic E-state index is 13.6. The average Bonchev–Trinajstić information content (AvgIpc) is 2.99. The van der Waals surface area contributed by atoms with E-state index in [1.165, 1.54) is 6.07 Å². The summed E-state index contributed by atoms with van der Waals surface area (Å²) in [5, 5.41) is 2.73. The third-order valence-electron chi connectivity index (χ3n) is 2.84. The van der Waals surface area contributed by atoms with Gasteiger partial charge in [0.2, 0.25) is 5.91 Å². The summed E-state index contributed by atoms with van der Waals surface area (Å²) >= 11 is 0. The molecule has 2 nitrogen and oxygen atoms in total. The molecule has 0 bridgehead atoms. The number of benzene rings is 1. The molecule has 1 N–H and O–H groups in total. The first-order chi connectivity index (χ1) is 7.58. The van der Waals surface area contributed by atoms with Crippen molar-refractivity contribution in [2.24, 2.45) is 5.92 Å². The summed E-state index contributed by atoms with van der Waals surface area (Å²) in [7, 11) is 0. The van der Waals surface area contributed by atoms with E-state index in [4.69, 9.17) is 0 Å². The number of carbonyl (C=O) groups excluding carboxylic acids is 1. The lowest BCUT2D eigenvalue weighted by molar-refractivity contribution is -0.117. The lowest BCUT2D eigenvalue weighted by Gasteiger charge is -2.09. The van der Waals surface area contributed by atoms with Crippen LogP contribution in [0.1, 0.15) is 38.2 Å². The van der Waals surface area contributed by atoms with E-state index in [2.05, 4.69) is 5.32 Å². The molecule has 1 saturated carbocycles. The van der Waals surface area contributed by atoms with Crippen molar-refractivity contribution < 1.29 is 9.18 Å². The molecule has 86 valence electrons. The fourth-order valence-electron chi connectivity index (χ4n) is 1.66. The molecule has 1 amide bonds. The summed E-state index contributed by atoms with van der Waals surface area (Å²) in [5.41, 5.74) is 1.24. The van der Waals surface area contributed by atoms with Crippen molar-refractivity contribution in [1.29, 1.82) is 0 Å². The Labute approximate surface area is 94.9 Å². The van der Waals surface area contributed by atoms with Crippen LogP contribution in [0.15, 0.2) is 18.2 Å². The highest BCUT2D eigenvalue weighted by Crippen LogP contribution is 2.30. The zero-order valence-corrected chi connectivity index (χ0v) is 9.59. The molecular formula is C13H16FNO. The van der Waals surface area contributed by atoms with Crippen LogP contribution in [0.2, 0.25) is 0 Å². The van der Waals surface area contributed by atoms with Crippen molar-refractivity contribution in [3.05, 3.63) is 29.6 Å². The molecule has 1 aromatic rings. The molecule has 1 aliphatic carbocycles. The van der Waals surface area contributed by atoms with Crippen molar-refractivity contribution in [3.63, 3.8) is 0 Å². The second-order valence-electron chi connectivity index (χ2n) is 4.65. The number of halogens is 1. The first-order valence-electron chi connectivity index (χ1n) is 5.68. The number of hydrogen-bond acceptors (Lipinski definition) is 1. The fourth-order valence-corrected chi connectivity index (χ4v) is 1.66. The molecule has 16 heavy (non-hydrogen) atoms. The first kappa shape index (κ1) is 11.1. The second kappa shape index (κ2) is 4.24. The predicted molar refractivity (Wildman–Crippen MR) is 61.8 cm³/mol. The highest BCUT2D eigenvalue weighted by Gasteiger charge is 2.29. The summed E-state index contributed by atoms with van der Waals surface area (Å²) in [6.45, 7) is 3.89. The van der Waals surface area contributed by atoms with Gasteiger partial charge in [-0.25, -0.2) is 4.39 Å². The quantitative estimate of drug-likeness (QED) is 0.833. The maximum Gasteiger partial charge on any atom is 0.227 e. The molecule has 0 aliphatic heterocycles. The van der Waals surface area contributed by atoms with E-state index in [0.29, 0.717) is 11.3 Å². The van der Waals surface area contributed by atoms with Crippen LogP contribution in [-0.2, 0) is 4.79 Å². The minimum Gasteiger partial charge on any atom is -0.326 e. The van der Waals surface area contributed by atoms with Crippen molar-refractivity contribution in [1.82, 2.24) is 0 Å². The maximum atomic E-state index is 13.6. The minimum atomic E-state index is -0.247. The largest absolute Gasteiger partial charge is 0.326 e. The van der Waals surface area contributed by atoms with Crippen LogP contribution in [0.3, 0.4) is 0 Å². The Bertz CT molecular complexity index is 410. The van der Waals surface area contributed by atoms with Gasteiger partial charge in [-0.1, -0.05) is 19.9 Å². The lowest BCUT2D eigenvalue weighted by atomic mass is 10.0. The number of carbonyl (C=O) groups is 1. The van der Waals surface area contributed by atoms with Crippen LogP contribution < -0.4 is 5.32 Å². The summed E-state index contributed by atoms with van der Waals surface area (Å²) < 4.78 is 13.6. The van der Waals surface area contributed by atoms with Crippen LogP contribution in [0.5, 0.6) is 0 Å². The number of rotatable bonds is 3. The summed E-state index contributed by atoms with van der Waals surface area (Å²) in [4.78, 5) is 11.5. The molecule has 0 saturated heterocycles. The Kier molecular flexibility index (Phi) is 2.95. The van der Waals surface area contributed by atoms with E-state index in [9.17, 15) is 9.18 Å². The minimum absolute atomic E-state index is 0.0108. The van der Waals surface area contributed by atoms with E-state index in [1.54, 1.807) is 12.1 Å². The molecule has 0 aromatic heterocycles. The monoisotopic (exact) mass is 221 g/mol. The van der Waals surface area contributed by atoms with E-state index in [-0.39, 0.29) is 23.6 Å². The third kappa shape index (κ3) is 2.40. The molecule has 2 rings (SSSR count). The average molecular weight is 221 g/mol. The first-order valence-corrected chi connectivity index (χ1v) is 5.68. The Morgan fingerprint density at radius 1 is 1.44 bits per heavy atom. The van der Waals surface area contributed by atoms with Gasteiger partial charge in [0.25, 0.3) is 0 Å². The van der Waals surface area contributed by atoms with Gasteiger partial charge in [0.05, 0.1) is 0 Å². The van der Waals surface area contributed by atoms with Gasteiger partial charge >= 0.3 is 0 Å². The number of anilines is 1. The Morgan fingerprint density at radius 3 is 2.62 bits per heavy atom. The van der Waals surface area contributed by atoms with Gasteiger partial charge in [0.15, 0.2) is 0 Å². The second-order valence-corrected chi connectivity index (χ2v) is 4.65. The fraction of sp³-hybridized carbons (Fsp3) is 0.462. The molecule has 1 aromatic carbocycles. The van der Waals surface area contributed by atoms with Crippen LogP contribution >= 0.6 is 0 Å². The highest BCUT2D eigenvalue weighted by molar-refractivity contribution is 5.94. The normalized spacial score (nSPS) is 15.2. The SMILES string of the molecule is CC(C)c1ccc(NC(=O)C2CC2)cc1F. The molecule has 0 spiro atoms. The molecule has 0 unspecified atom stereocenters. The van der Waals surface area contributed by atoms with Crippen LogP contribution in [0.25, 0.3) is 0 Å². The van der Waals surface area contributed by atoms with Gasteiger partial charge in [-0.2, -0.15) is 0 Å². The lowest BCUT2D eigenvalue weighted by Crippen LogP contribution is -2.13. The topological polar surface area (TPSA) is 29.1 Å². The van der Waals surface area contributed by atoms with E-state index < -0.39 is 0 Å². The third-order valence-corrected chi connectivity index (χ3v) is 2.84. The summed E-state index contributed by atoms with van der Waals surface area (Å²) in [5.74, 6) is 0.0707. The van der Waals surface area contributed by atoms with Gasteiger partial charge in [-0.05, 0) is 36.5 Å². The van der Waals surface area contributed by atoms with Crippen molar-refractivity contribution in [2.45, 2.75) is 32.6 Å². The van der Waals surface area contributed by atoms with E-state index in [0.717, 1.165) is 12.8 Å². The van der Waals surface area contributed by atoms with Crippen LogP contribution in [-0.4, -0.2) is 5.91 Å². The number of nitrogens with one attached hydrogen (secondary N) is 1. The van der Waals surface area contributed by atoms with Gasteiger partial charge in [-0.3, -0.25) is 4.79 Å². The highest BCUT2D eigenvalue weighted by atomic mass is 19.1. The predicted octanol–water partition coefficient (Wildman–Crippen LogP) is 3.30. The number of hydrogen-bond donors (Lipinski definition) is 1. The molecule has 0 radical (unpaired) electrons. The van der Waals surface area contributed by atoms with Gasteiger partial charge in [0, 0.05) is 11.6 Å². The zero-order valence-electron chi connectivity index (χ0n) is 9.59. The van der Waals surface area contributed by atoms with Crippen molar-refractivity contribution in [3.8, 4) is 0 Å². The van der Waals surface area contributed by atoms with Gasteiger partial charge in [-0.15, -0.1) is 0 Å². The van der Waals surface area contributed by atoms with Crippen molar-refractivity contribution in [2.75, 3.05) is 5.32 Å². The Hall–Kier alpha value is -1.38. The van der Waals surface area contributed by atoms with E-state index >= 15 is 0 Å². The van der Waals surface area contributed by atoms with Gasteiger partial charge < -0.3 is 5.32 Å². The summed E-state index contributed by atoms with van der Waals surface area (Å²) in [6, 6.07) is 4.90. The molecular weight excluding hydrogens is 205 g/mol. The zero-order chi connectivity index (χ0) is 11.7. The molecule has 0 heterocycles. The summed E-state index contributed by atoms with van der Waals surface area (Å²) in [6.07, 6.45) is 1.91. The standard InChI is InChI=1S/C13H16FNO/c1-8(2)11-6-5-10(7-12(11)14)15-13(16)9-3-4-9/h5-9H,3-4H2,1-2H3,(H,15,16). The number of amides is 1. The van der Waals surface area contributed by atoms with Gasteiger partial charge in [0.1, 0.15) is 5.82 Å². The molecule has 1 aliphatic rings. The van der Waals surface area contributed by atoms with Crippen LogP contribution in [0, 0.1) is 11.7 Å². The molecule has 0 atom stereocenters. The van der Waals surface area contributed by atoms with E-state index in [1.807, 2.05) is 13.8 Å². The molecule has 1 fully saturated rings. The van der Waals surface area contributed by atoms with Crippen LogP contribution in [0.4, 0.5) is 10.1 Å². The molecule has 3 heteroatoms. The smallest absolute Gasteiger partial charge is 0.227 e. The Balaban J connectivity index is 2.11. The Morgan fingerprint density at radius 2 is 2.12 bits per heavy atom.